The molecule has 0 saturated carbocycles. The number of nitrogens with one attached hydrogen (secondary N) is 1. The van der Waals surface area contributed by atoms with Gasteiger partial charge >= 0.3 is 18.4 Å². The van der Waals surface area contributed by atoms with E-state index in [0.29, 0.717) is 18.7 Å². The van der Waals surface area contributed by atoms with E-state index in [1.807, 2.05) is 0 Å². The third-order valence-electron chi connectivity index (χ3n) is 6.79. The Morgan fingerprint density at radius 3 is 2.08 bits per heavy atom. The molecule has 0 radical (unpaired) electrons. The second-order valence-corrected chi connectivity index (χ2v) is 9.43. The normalized spacial score (nSPS) is 22.8. The molecule has 2 amide bonds. The van der Waals surface area contributed by atoms with E-state index in [1.54, 1.807) is 0 Å². The maximum atomic E-state index is 13.6. The Labute approximate surface area is 214 Å². The van der Waals surface area contributed by atoms with Crippen molar-refractivity contribution in [3.05, 3.63) is 70.5 Å². The summed E-state index contributed by atoms with van der Waals surface area (Å²) in [5.74, 6) is -0.585. The first kappa shape index (κ1) is 28.1. The van der Waals surface area contributed by atoms with E-state index in [4.69, 9.17) is 4.74 Å². The summed E-state index contributed by atoms with van der Waals surface area (Å²) in [4.78, 5) is 16.1. The Bertz CT molecular complexity index is 1100. The molecular weight excluding hydrogens is 523 g/mol. The summed E-state index contributed by atoms with van der Waals surface area (Å²) >= 11 is 0. The highest BCUT2D eigenvalue weighted by Crippen LogP contribution is 2.37. The van der Waals surface area contributed by atoms with Crippen LogP contribution in [0.5, 0.6) is 0 Å². The number of carbonyl (C=O) groups excluding carboxylic acids is 1. The molecule has 13 heteroatoms. The number of urea groups is 1. The maximum Gasteiger partial charge on any atom is 0.416 e. The molecule has 2 aliphatic heterocycles. The zero-order chi connectivity index (χ0) is 27.7. The van der Waals surface area contributed by atoms with Crippen LogP contribution in [-0.4, -0.2) is 60.0 Å². The lowest BCUT2D eigenvalue weighted by Gasteiger charge is -2.34. The van der Waals surface area contributed by atoms with E-state index in [0.717, 1.165) is 38.1 Å². The molecule has 2 fully saturated rings. The van der Waals surface area contributed by atoms with Gasteiger partial charge in [-0.05, 0) is 67.4 Å². The van der Waals surface area contributed by atoms with Crippen LogP contribution in [0.15, 0.2) is 42.5 Å². The summed E-state index contributed by atoms with van der Waals surface area (Å²) in [6.07, 6.45) is -9.50. The topological polar surface area (TPSA) is 65.0 Å². The van der Waals surface area contributed by atoms with Crippen molar-refractivity contribution in [3.63, 3.8) is 0 Å². The van der Waals surface area contributed by atoms with Gasteiger partial charge in [0.1, 0.15) is 11.4 Å². The molecule has 2 saturated heterocycles. The van der Waals surface area contributed by atoms with Crippen LogP contribution in [0.25, 0.3) is 0 Å². The van der Waals surface area contributed by atoms with Crippen LogP contribution < -0.4 is 5.32 Å². The summed E-state index contributed by atoms with van der Waals surface area (Å²) < 4.78 is 98.4. The second-order valence-electron chi connectivity index (χ2n) is 9.43. The lowest BCUT2D eigenvalue weighted by Crippen LogP contribution is -2.51. The van der Waals surface area contributed by atoms with Crippen molar-refractivity contribution in [2.45, 2.75) is 43.6 Å². The minimum atomic E-state index is -5.02. The van der Waals surface area contributed by atoms with Gasteiger partial charge in [-0.1, -0.05) is 12.1 Å². The van der Waals surface area contributed by atoms with E-state index in [9.17, 15) is 40.6 Å². The molecule has 2 aromatic rings. The summed E-state index contributed by atoms with van der Waals surface area (Å²) in [7, 11) is 0. The molecule has 208 valence electrons. The maximum absolute atomic E-state index is 13.6. The number of benzene rings is 2. The SMILES string of the molecule is O=C1NC(COCc2cc(C(F)(F)F)cc(C(F)(F)F)c2)(c2ccc(F)cc2)C(O)N1CCN1CCCC1. The quantitative estimate of drug-likeness (QED) is 0.468. The lowest BCUT2D eigenvalue weighted by molar-refractivity contribution is -0.143. The van der Waals surface area contributed by atoms with Gasteiger partial charge in [0.2, 0.25) is 0 Å². The number of carbonyl (C=O) groups is 1. The Balaban J connectivity index is 1.57. The summed E-state index contributed by atoms with van der Waals surface area (Å²) in [6.45, 7) is 1.19. The molecule has 0 aromatic heterocycles. The third-order valence-corrected chi connectivity index (χ3v) is 6.79. The van der Waals surface area contributed by atoms with E-state index >= 15 is 0 Å². The fourth-order valence-electron chi connectivity index (χ4n) is 4.78. The average molecular weight is 549 g/mol. The number of amides is 2. The smallest absolute Gasteiger partial charge is 0.374 e. The zero-order valence-electron chi connectivity index (χ0n) is 20.1. The minimum Gasteiger partial charge on any atom is -0.374 e. The standard InChI is InChI=1S/C25H26F7N3O3/c26-20-5-3-17(4-6-20)23(21(36)35(22(37)33-23)10-9-34-7-1-2-8-34)15-38-14-16-11-18(24(27,28)29)13-19(12-16)25(30,31)32/h3-6,11-13,21,36H,1-2,7-10,14-15H2,(H,33,37). The number of likely N-dealkylation sites (tertiary alicyclic amines) is 1. The average Bonchev–Trinajstić information content (AvgIpc) is 3.44. The van der Waals surface area contributed by atoms with Crippen LogP contribution in [0.3, 0.4) is 0 Å². The van der Waals surface area contributed by atoms with Gasteiger partial charge in [0.05, 0.1) is 24.3 Å². The molecule has 0 spiro atoms. The molecule has 0 bridgehead atoms. The monoisotopic (exact) mass is 549 g/mol. The number of ether oxygens (including phenoxy) is 1. The van der Waals surface area contributed by atoms with Crippen molar-refractivity contribution in [1.82, 2.24) is 15.1 Å². The van der Waals surface area contributed by atoms with Gasteiger partial charge in [0, 0.05) is 13.1 Å². The molecule has 2 unspecified atom stereocenters. The van der Waals surface area contributed by atoms with Gasteiger partial charge in [0.25, 0.3) is 0 Å². The Morgan fingerprint density at radius 2 is 1.53 bits per heavy atom. The van der Waals surface area contributed by atoms with E-state index in [1.165, 1.54) is 17.0 Å². The molecule has 2 heterocycles. The van der Waals surface area contributed by atoms with E-state index in [-0.39, 0.29) is 18.2 Å². The van der Waals surface area contributed by atoms with Crippen LogP contribution >= 0.6 is 0 Å². The van der Waals surface area contributed by atoms with Crippen molar-refractivity contribution >= 4 is 6.03 Å². The number of halogens is 7. The molecule has 0 aliphatic carbocycles. The number of nitrogens with zero attached hydrogens (tertiary/aromatic N) is 2. The highest BCUT2D eigenvalue weighted by molar-refractivity contribution is 5.79. The van der Waals surface area contributed by atoms with Crippen molar-refractivity contribution in [1.29, 1.82) is 0 Å². The first-order valence-electron chi connectivity index (χ1n) is 11.9. The predicted molar refractivity (Wildman–Crippen MR) is 121 cm³/mol. The molecule has 6 nitrogen and oxygen atoms in total. The number of aliphatic hydroxyl groups is 1. The first-order valence-corrected chi connectivity index (χ1v) is 11.9. The summed E-state index contributed by atoms with van der Waals surface area (Å²) in [6, 6.07) is 5.32. The Kier molecular flexibility index (Phi) is 7.91. The zero-order valence-corrected chi connectivity index (χ0v) is 20.1. The van der Waals surface area contributed by atoms with E-state index in [2.05, 4.69) is 10.2 Å². The van der Waals surface area contributed by atoms with Crippen molar-refractivity contribution in [2.24, 2.45) is 0 Å². The molecule has 38 heavy (non-hydrogen) atoms. The van der Waals surface area contributed by atoms with Crippen LogP contribution in [0.4, 0.5) is 35.5 Å². The second kappa shape index (κ2) is 10.7. The highest BCUT2D eigenvalue weighted by Gasteiger charge is 2.52. The lowest BCUT2D eigenvalue weighted by atomic mass is 9.89. The van der Waals surface area contributed by atoms with E-state index < -0.39 is 65.9 Å². The Morgan fingerprint density at radius 1 is 0.947 bits per heavy atom. The number of aliphatic hydroxyl groups excluding tert-OH is 1. The number of alkyl halides is 6. The van der Waals surface area contributed by atoms with Gasteiger partial charge in [0.15, 0.2) is 6.23 Å². The summed E-state index contributed by atoms with van der Waals surface area (Å²) in [5, 5.41) is 13.9. The van der Waals surface area contributed by atoms with Gasteiger partial charge in [-0.3, -0.25) is 4.90 Å². The molecular formula is C25H26F7N3O3. The van der Waals surface area contributed by atoms with Crippen LogP contribution in [0.2, 0.25) is 0 Å². The van der Waals surface area contributed by atoms with Crippen LogP contribution in [0, 0.1) is 5.82 Å². The van der Waals surface area contributed by atoms with Gasteiger partial charge in [-0.25, -0.2) is 9.18 Å². The Hall–Kier alpha value is -2.90. The van der Waals surface area contributed by atoms with Crippen LogP contribution in [0.1, 0.15) is 35.1 Å². The fourth-order valence-corrected chi connectivity index (χ4v) is 4.78. The molecule has 2 aromatic carbocycles. The molecule has 4 rings (SSSR count). The van der Waals surface area contributed by atoms with Gasteiger partial charge in [-0.15, -0.1) is 0 Å². The predicted octanol–water partition coefficient (Wildman–Crippen LogP) is 4.71. The number of hydrogen-bond donors (Lipinski definition) is 2. The molecule has 2 aliphatic rings. The fraction of sp³-hybridized carbons (Fsp3) is 0.480. The van der Waals surface area contributed by atoms with Gasteiger partial charge < -0.3 is 20.1 Å². The molecule has 2 atom stereocenters. The van der Waals surface area contributed by atoms with Crippen molar-refractivity contribution < 1.29 is 45.4 Å². The minimum absolute atomic E-state index is 0.0166. The molecule has 2 N–H and O–H groups in total. The number of hydrogen-bond acceptors (Lipinski definition) is 4. The largest absolute Gasteiger partial charge is 0.416 e. The third kappa shape index (κ3) is 6.05. The highest BCUT2D eigenvalue weighted by atomic mass is 19.4. The summed E-state index contributed by atoms with van der Waals surface area (Å²) in [5.41, 5.74) is -4.76. The van der Waals surface area contributed by atoms with Gasteiger partial charge in [-0.2, -0.15) is 26.3 Å². The van der Waals surface area contributed by atoms with Crippen molar-refractivity contribution in [2.75, 3.05) is 32.8 Å². The van der Waals surface area contributed by atoms with Crippen molar-refractivity contribution in [3.8, 4) is 0 Å². The number of rotatable bonds is 8. The van der Waals surface area contributed by atoms with Crippen LogP contribution in [-0.2, 0) is 29.2 Å². The first-order chi connectivity index (χ1) is 17.8.